The quantitative estimate of drug-likeness (QED) is 0.476. The molecule has 11 heteroatoms. The Balaban J connectivity index is 1.52. The first-order chi connectivity index (χ1) is 16.3. The summed E-state index contributed by atoms with van der Waals surface area (Å²) in [5.74, 6) is -4.26. The van der Waals surface area contributed by atoms with Gasteiger partial charge in [0.25, 0.3) is 0 Å². The Labute approximate surface area is 206 Å². The summed E-state index contributed by atoms with van der Waals surface area (Å²) in [6.45, 7) is 6.78. The van der Waals surface area contributed by atoms with Crippen molar-refractivity contribution >= 4 is 29.4 Å². The van der Waals surface area contributed by atoms with E-state index in [9.17, 15) is 18.4 Å². The van der Waals surface area contributed by atoms with E-state index in [4.69, 9.17) is 16.3 Å². The van der Waals surface area contributed by atoms with Crippen LogP contribution < -0.4 is 5.32 Å². The molecule has 1 aliphatic rings. The third-order valence-corrected chi connectivity index (χ3v) is 5.87. The molecule has 1 atom stereocenters. The first kappa shape index (κ1) is 24.8. The van der Waals surface area contributed by atoms with E-state index in [2.05, 4.69) is 15.5 Å². The molecule has 0 spiro atoms. The number of hydrogen-bond acceptors (Lipinski definition) is 5. The van der Waals surface area contributed by atoms with Gasteiger partial charge in [-0.05, 0) is 45.9 Å². The first-order valence-corrected chi connectivity index (χ1v) is 11.5. The number of nitrogens with one attached hydrogen (secondary N) is 1. The number of benzene rings is 1. The number of aromatic nitrogens is 4. The van der Waals surface area contributed by atoms with Crippen LogP contribution in [0, 0.1) is 0 Å². The SMILES string of the molecule is CC(C(=O)Nc1cc(C2CC(F)(F)C2)n(C(=O)OC(C)(C)C)n1)c1cnn(-c2cccc(Cl)c2)c1. The summed E-state index contributed by atoms with van der Waals surface area (Å²) in [5.41, 5.74) is 0.870. The van der Waals surface area contributed by atoms with E-state index in [1.54, 1.807) is 63.0 Å². The number of carbonyl (C=O) groups is 2. The smallest absolute Gasteiger partial charge is 0.435 e. The molecule has 8 nitrogen and oxygen atoms in total. The molecule has 35 heavy (non-hydrogen) atoms. The number of hydrogen-bond donors (Lipinski definition) is 1. The third kappa shape index (κ3) is 5.70. The Morgan fingerprint density at radius 1 is 1.26 bits per heavy atom. The summed E-state index contributed by atoms with van der Waals surface area (Å²) in [4.78, 5) is 25.6. The maximum Gasteiger partial charge on any atom is 0.435 e. The van der Waals surface area contributed by atoms with Crippen LogP contribution in [-0.4, -0.2) is 43.1 Å². The molecule has 2 heterocycles. The Morgan fingerprint density at radius 2 is 1.97 bits per heavy atom. The van der Waals surface area contributed by atoms with E-state index in [1.807, 2.05) is 6.07 Å². The maximum absolute atomic E-state index is 13.5. The monoisotopic (exact) mass is 505 g/mol. The molecule has 186 valence electrons. The average Bonchev–Trinajstić information content (AvgIpc) is 3.38. The Hall–Kier alpha value is -3.27. The van der Waals surface area contributed by atoms with E-state index < -0.39 is 48.2 Å². The van der Waals surface area contributed by atoms with Gasteiger partial charge in [0, 0.05) is 41.6 Å². The van der Waals surface area contributed by atoms with Gasteiger partial charge in [-0.3, -0.25) is 4.79 Å². The van der Waals surface area contributed by atoms with Gasteiger partial charge >= 0.3 is 6.09 Å². The zero-order valence-electron chi connectivity index (χ0n) is 19.8. The molecule has 4 rings (SSSR count). The van der Waals surface area contributed by atoms with Crippen LogP contribution in [0.25, 0.3) is 5.69 Å². The highest BCUT2D eigenvalue weighted by Crippen LogP contribution is 2.48. The van der Waals surface area contributed by atoms with Crippen LogP contribution in [0.5, 0.6) is 0 Å². The fourth-order valence-corrected chi connectivity index (χ4v) is 3.96. The number of anilines is 1. The molecule has 0 aliphatic heterocycles. The summed E-state index contributed by atoms with van der Waals surface area (Å²) in [6.07, 6.45) is 1.71. The summed E-state index contributed by atoms with van der Waals surface area (Å²) in [6, 6.07) is 8.58. The molecule has 1 unspecified atom stereocenters. The highest BCUT2D eigenvalue weighted by atomic mass is 35.5. The lowest BCUT2D eigenvalue weighted by atomic mass is 9.79. The van der Waals surface area contributed by atoms with Gasteiger partial charge in [0.05, 0.1) is 23.5 Å². The van der Waals surface area contributed by atoms with Crippen LogP contribution in [0.2, 0.25) is 5.02 Å². The Morgan fingerprint density at radius 3 is 2.60 bits per heavy atom. The summed E-state index contributed by atoms with van der Waals surface area (Å²) in [5, 5.41) is 11.7. The van der Waals surface area contributed by atoms with Crippen LogP contribution >= 0.6 is 11.6 Å². The minimum Gasteiger partial charge on any atom is -0.442 e. The summed E-state index contributed by atoms with van der Waals surface area (Å²) in [7, 11) is 0. The number of nitrogens with zero attached hydrogens (tertiary/aromatic N) is 4. The lowest BCUT2D eigenvalue weighted by molar-refractivity contribution is -0.117. The van der Waals surface area contributed by atoms with Crippen molar-refractivity contribution in [2.75, 3.05) is 5.32 Å². The third-order valence-electron chi connectivity index (χ3n) is 5.63. The summed E-state index contributed by atoms with van der Waals surface area (Å²) < 4.78 is 34.9. The first-order valence-electron chi connectivity index (χ1n) is 11.1. The topological polar surface area (TPSA) is 91.0 Å². The molecule has 0 bridgehead atoms. The Bertz CT molecular complexity index is 1260. The van der Waals surface area contributed by atoms with Crippen molar-refractivity contribution in [1.82, 2.24) is 19.6 Å². The minimum absolute atomic E-state index is 0.0835. The zero-order chi connectivity index (χ0) is 25.5. The fourth-order valence-electron chi connectivity index (χ4n) is 3.78. The second-order valence-electron chi connectivity index (χ2n) is 9.72. The van der Waals surface area contributed by atoms with Gasteiger partial charge < -0.3 is 10.1 Å². The highest BCUT2D eigenvalue weighted by molar-refractivity contribution is 6.30. The predicted molar refractivity (Wildman–Crippen MR) is 126 cm³/mol. The molecule has 1 saturated carbocycles. The second-order valence-corrected chi connectivity index (χ2v) is 10.2. The molecule has 1 aromatic carbocycles. The second kappa shape index (κ2) is 9.07. The number of ether oxygens (including phenoxy) is 1. The standard InChI is InChI=1S/C24H26ClF2N5O3/c1-14(16-12-28-31(13-16)18-7-5-6-17(25)8-18)21(33)29-20-9-19(15-10-24(26,27)11-15)32(30-20)22(34)35-23(2,3)4/h5-9,12-15H,10-11H2,1-4H3,(H,29,30,33). The molecule has 1 fully saturated rings. The lowest BCUT2D eigenvalue weighted by Crippen LogP contribution is -2.36. The fraction of sp³-hybridized carbons (Fsp3) is 0.417. The van der Waals surface area contributed by atoms with Gasteiger partial charge in [0.15, 0.2) is 5.82 Å². The van der Waals surface area contributed by atoms with Gasteiger partial charge in [-0.15, -0.1) is 5.10 Å². The van der Waals surface area contributed by atoms with Crippen molar-refractivity contribution < 1.29 is 23.1 Å². The van der Waals surface area contributed by atoms with Crippen molar-refractivity contribution in [2.24, 2.45) is 0 Å². The maximum atomic E-state index is 13.5. The van der Waals surface area contributed by atoms with Gasteiger partial charge in [0.1, 0.15) is 5.60 Å². The average molecular weight is 506 g/mol. The summed E-state index contributed by atoms with van der Waals surface area (Å²) >= 11 is 6.04. The van der Waals surface area contributed by atoms with Gasteiger partial charge in [-0.1, -0.05) is 17.7 Å². The Kier molecular flexibility index (Phi) is 6.44. The highest BCUT2D eigenvalue weighted by Gasteiger charge is 2.48. The largest absolute Gasteiger partial charge is 0.442 e. The lowest BCUT2D eigenvalue weighted by Gasteiger charge is -2.34. The van der Waals surface area contributed by atoms with E-state index in [1.165, 1.54) is 6.07 Å². The molecular formula is C24H26ClF2N5O3. The van der Waals surface area contributed by atoms with E-state index in [0.29, 0.717) is 10.6 Å². The number of halogens is 3. The number of carbonyl (C=O) groups excluding carboxylic acids is 2. The van der Waals surface area contributed by atoms with Crippen molar-refractivity contribution in [2.45, 2.75) is 63.9 Å². The molecular weight excluding hydrogens is 480 g/mol. The van der Waals surface area contributed by atoms with Crippen molar-refractivity contribution in [3.8, 4) is 5.69 Å². The van der Waals surface area contributed by atoms with Crippen molar-refractivity contribution in [3.05, 3.63) is 59.0 Å². The molecule has 1 N–H and O–H groups in total. The van der Waals surface area contributed by atoms with Gasteiger partial charge in [-0.25, -0.2) is 18.3 Å². The van der Waals surface area contributed by atoms with Crippen LogP contribution in [0.3, 0.4) is 0 Å². The molecule has 1 amide bonds. The minimum atomic E-state index is -2.78. The molecule has 2 aromatic heterocycles. The number of alkyl halides is 2. The van der Waals surface area contributed by atoms with E-state index >= 15 is 0 Å². The number of rotatable bonds is 5. The van der Waals surface area contributed by atoms with Crippen LogP contribution in [0.1, 0.15) is 63.6 Å². The predicted octanol–water partition coefficient (Wildman–Crippen LogP) is 5.76. The number of amides is 1. The van der Waals surface area contributed by atoms with Crippen LogP contribution in [-0.2, 0) is 9.53 Å². The van der Waals surface area contributed by atoms with Crippen LogP contribution in [0.4, 0.5) is 19.4 Å². The molecule has 0 radical (unpaired) electrons. The van der Waals surface area contributed by atoms with Crippen LogP contribution in [0.15, 0.2) is 42.7 Å². The molecule has 3 aromatic rings. The molecule has 0 saturated heterocycles. The van der Waals surface area contributed by atoms with Crippen molar-refractivity contribution in [3.63, 3.8) is 0 Å². The van der Waals surface area contributed by atoms with E-state index in [0.717, 1.165) is 10.4 Å². The van der Waals surface area contributed by atoms with E-state index in [-0.39, 0.29) is 11.5 Å². The zero-order valence-corrected chi connectivity index (χ0v) is 20.5. The van der Waals surface area contributed by atoms with Gasteiger partial charge in [-0.2, -0.15) is 9.78 Å². The van der Waals surface area contributed by atoms with Crippen molar-refractivity contribution in [1.29, 1.82) is 0 Å². The van der Waals surface area contributed by atoms with Gasteiger partial charge in [0.2, 0.25) is 11.8 Å². The molecule has 1 aliphatic carbocycles. The normalized spacial score (nSPS) is 16.4.